The molecule has 1 aromatic carbocycles. The van der Waals surface area contributed by atoms with Gasteiger partial charge in [0.05, 0.1) is 0 Å². The summed E-state index contributed by atoms with van der Waals surface area (Å²) in [5, 5.41) is 3.78. The van der Waals surface area contributed by atoms with Crippen LogP contribution in [0, 0.1) is 0 Å². The van der Waals surface area contributed by atoms with E-state index < -0.39 is 0 Å². The lowest BCUT2D eigenvalue weighted by Crippen LogP contribution is -2.28. The minimum atomic E-state index is 0.656. The molecule has 130 valence electrons. The Balaban J connectivity index is 2.30. The fourth-order valence-corrected chi connectivity index (χ4v) is 2.90. The van der Waals surface area contributed by atoms with Gasteiger partial charge in [-0.25, -0.2) is 0 Å². The summed E-state index contributed by atoms with van der Waals surface area (Å²) in [7, 11) is 0. The lowest BCUT2D eigenvalue weighted by molar-refractivity contribution is 0.431. The van der Waals surface area contributed by atoms with Gasteiger partial charge in [-0.15, -0.1) is 0 Å². The third-order valence-electron chi connectivity index (χ3n) is 4.40. The van der Waals surface area contributed by atoms with Gasteiger partial charge in [0.15, 0.2) is 0 Å². The van der Waals surface area contributed by atoms with Crippen LogP contribution < -0.4 is 5.32 Å². The van der Waals surface area contributed by atoms with Crippen molar-refractivity contribution >= 4 is 0 Å². The molecule has 0 bridgehead atoms. The van der Waals surface area contributed by atoms with Crippen molar-refractivity contribution in [3.05, 3.63) is 48.0 Å². The van der Waals surface area contributed by atoms with Crippen molar-refractivity contribution in [2.45, 2.75) is 90.6 Å². The Hall–Kier alpha value is -1.08. The van der Waals surface area contributed by atoms with E-state index in [-0.39, 0.29) is 0 Å². The zero-order valence-corrected chi connectivity index (χ0v) is 15.4. The van der Waals surface area contributed by atoms with E-state index in [0.717, 1.165) is 6.54 Å². The molecular weight excluding hydrogens is 278 g/mol. The summed E-state index contributed by atoms with van der Waals surface area (Å²) in [6.07, 6.45) is 17.9. The van der Waals surface area contributed by atoms with Crippen LogP contribution in [0.5, 0.6) is 0 Å². The van der Waals surface area contributed by atoms with Crippen molar-refractivity contribution in [3.63, 3.8) is 0 Å². The summed E-state index contributed by atoms with van der Waals surface area (Å²) >= 11 is 0. The van der Waals surface area contributed by atoms with Gasteiger partial charge in [-0.2, -0.15) is 0 Å². The molecule has 0 heterocycles. The topological polar surface area (TPSA) is 12.0 Å². The van der Waals surface area contributed by atoms with Crippen LogP contribution in [0.2, 0.25) is 0 Å². The van der Waals surface area contributed by atoms with Crippen LogP contribution in [-0.4, -0.2) is 6.04 Å². The monoisotopic (exact) mass is 315 g/mol. The number of nitrogens with one attached hydrogen (secondary N) is 1. The summed E-state index contributed by atoms with van der Waals surface area (Å²) in [4.78, 5) is 0. The van der Waals surface area contributed by atoms with Crippen molar-refractivity contribution in [1.29, 1.82) is 0 Å². The Labute approximate surface area is 144 Å². The molecule has 0 aromatic heterocycles. The van der Waals surface area contributed by atoms with Crippen molar-refractivity contribution in [2.24, 2.45) is 0 Å². The number of unbranched alkanes of at least 4 members (excludes halogenated alkanes) is 5. The first kappa shape index (κ1) is 20.0. The third kappa shape index (κ3) is 11.1. The molecule has 0 amide bonds. The summed E-state index contributed by atoms with van der Waals surface area (Å²) in [5.41, 5.74) is 1.39. The van der Waals surface area contributed by atoms with E-state index in [1.165, 1.54) is 69.8 Å². The Morgan fingerprint density at radius 2 is 1.57 bits per heavy atom. The van der Waals surface area contributed by atoms with E-state index in [4.69, 9.17) is 0 Å². The van der Waals surface area contributed by atoms with E-state index in [2.05, 4.69) is 61.6 Å². The van der Waals surface area contributed by atoms with Gasteiger partial charge in [0.1, 0.15) is 0 Å². The maximum Gasteiger partial charge on any atom is 0.0208 e. The number of benzene rings is 1. The zero-order valence-electron chi connectivity index (χ0n) is 15.4. The first-order chi connectivity index (χ1) is 11.4. The van der Waals surface area contributed by atoms with Gasteiger partial charge in [0.2, 0.25) is 0 Å². The molecule has 1 unspecified atom stereocenters. The molecule has 0 saturated heterocycles. The molecule has 1 aromatic rings. The molecule has 1 nitrogen and oxygen atoms in total. The first-order valence-corrected chi connectivity index (χ1v) is 9.79. The first-order valence-electron chi connectivity index (χ1n) is 9.79. The second-order valence-corrected chi connectivity index (χ2v) is 6.60. The molecule has 23 heavy (non-hydrogen) atoms. The van der Waals surface area contributed by atoms with Crippen LogP contribution >= 0.6 is 0 Å². The van der Waals surface area contributed by atoms with Gasteiger partial charge in [-0.3, -0.25) is 0 Å². The summed E-state index contributed by atoms with van der Waals surface area (Å²) < 4.78 is 0. The van der Waals surface area contributed by atoms with E-state index in [9.17, 15) is 0 Å². The Kier molecular flexibility index (Phi) is 12.6. The predicted molar refractivity (Wildman–Crippen MR) is 104 cm³/mol. The maximum absolute atomic E-state index is 3.78. The molecule has 0 aliphatic carbocycles. The zero-order chi connectivity index (χ0) is 16.6. The fraction of sp³-hybridized carbons (Fsp3) is 0.636. The molecule has 0 spiro atoms. The average molecular weight is 316 g/mol. The quantitative estimate of drug-likeness (QED) is 0.299. The van der Waals surface area contributed by atoms with E-state index >= 15 is 0 Å². The fourth-order valence-electron chi connectivity index (χ4n) is 2.90. The highest BCUT2D eigenvalue weighted by Gasteiger charge is 2.07. The van der Waals surface area contributed by atoms with Crippen molar-refractivity contribution in [1.82, 2.24) is 5.32 Å². The highest BCUT2D eigenvalue weighted by atomic mass is 14.9. The van der Waals surface area contributed by atoms with E-state index in [1.54, 1.807) is 0 Å². The Bertz CT molecular complexity index is 382. The van der Waals surface area contributed by atoms with E-state index in [1.807, 2.05) is 0 Å². The maximum atomic E-state index is 3.78. The molecular formula is C22H37N. The van der Waals surface area contributed by atoms with Gasteiger partial charge in [-0.1, -0.05) is 94.9 Å². The molecule has 0 saturated carbocycles. The summed E-state index contributed by atoms with van der Waals surface area (Å²) in [6, 6.07) is 11.4. The molecule has 0 radical (unpaired) electrons. The molecule has 0 aliphatic heterocycles. The molecule has 1 rings (SSSR count). The minimum Gasteiger partial charge on any atom is -0.310 e. The molecule has 1 atom stereocenters. The normalized spacial score (nSPS) is 12.8. The summed E-state index contributed by atoms with van der Waals surface area (Å²) in [5.74, 6) is 0. The standard InChI is InChI=1S/C22H37N/c1-3-5-7-9-14-18-22(19-15-10-8-6-4-2)23-20-21-16-12-11-13-17-21/h7,9,11-13,16-17,22-23H,3-6,8,10,14-15,18-20H2,1-2H3/b9-7+. The van der Waals surface area contributed by atoms with Crippen LogP contribution in [-0.2, 0) is 6.54 Å². The second kappa shape index (κ2) is 14.5. The smallest absolute Gasteiger partial charge is 0.0208 e. The lowest BCUT2D eigenvalue weighted by atomic mass is 10.0. The van der Waals surface area contributed by atoms with Crippen molar-refractivity contribution in [3.8, 4) is 0 Å². The minimum absolute atomic E-state index is 0.656. The molecule has 1 N–H and O–H groups in total. The Morgan fingerprint density at radius 3 is 2.30 bits per heavy atom. The number of hydrogen-bond acceptors (Lipinski definition) is 1. The number of allylic oxidation sites excluding steroid dienone is 2. The van der Waals surface area contributed by atoms with Crippen LogP contribution in [0.15, 0.2) is 42.5 Å². The van der Waals surface area contributed by atoms with Gasteiger partial charge in [-0.05, 0) is 31.2 Å². The van der Waals surface area contributed by atoms with Gasteiger partial charge >= 0.3 is 0 Å². The van der Waals surface area contributed by atoms with Crippen molar-refractivity contribution in [2.75, 3.05) is 0 Å². The van der Waals surface area contributed by atoms with Gasteiger partial charge in [0, 0.05) is 12.6 Å². The van der Waals surface area contributed by atoms with Crippen LogP contribution in [0.3, 0.4) is 0 Å². The van der Waals surface area contributed by atoms with Gasteiger partial charge in [0.25, 0.3) is 0 Å². The largest absolute Gasteiger partial charge is 0.310 e. The van der Waals surface area contributed by atoms with Crippen LogP contribution in [0.25, 0.3) is 0 Å². The molecule has 0 fully saturated rings. The van der Waals surface area contributed by atoms with Crippen molar-refractivity contribution < 1.29 is 0 Å². The highest BCUT2D eigenvalue weighted by Crippen LogP contribution is 2.12. The van der Waals surface area contributed by atoms with Crippen LogP contribution in [0.4, 0.5) is 0 Å². The predicted octanol–water partition coefficient (Wildman–Crippen LogP) is 6.64. The highest BCUT2D eigenvalue weighted by molar-refractivity contribution is 5.14. The second-order valence-electron chi connectivity index (χ2n) is 6.60. The molecule has 1 heteroatoms. The molecule has 0 aliphatic rings. The van der Waals surface area contributed by atoms with E-state index in [0.29, 0.717) is 6.04 Å². The summed E-state index contributed by atoms with van der Waals surface area (Å²) in [6.45, 7) is 5.52. The Morgan fingerprint density at radius 1 is 0.826 bits per heavy atom. The average Bonchev–Trinajstić information content (AvgIpc) is 2.59. The SMILES string of the molecule is CCC/C=C/CCC(CCCCCCC)NCc1ccccc1. The number of hydrogen-bond donors (Lipinski definition) is 1. The third-order valence-corrected chi connectivity index (χ3v) is 4.40. The van der Waals surface area contributed by atoms with Crippen LogP contribution in [0.1, 0.15) is 83.6 Å². The lowest BCUT2D eigenvalue weighted by Gasteiger charge is -2.18. The van der Waals surface area contributed by atoms with Gasteiger partial charge < -0.3 is 5.32 Å². The number of rotatable bonds is 14.